The second-order valence-corrected chi connectivity index (χ2v) is 4.93. The van der Waals surface area contributed by atoms with E-state index in [4.69, 9.17) is 4.74 Å². The zero-order chi connectivity index (χ0) is 12.8. The lowest BCUT2D eigenvalue weighted by molar-refractivity contribution is 0.414. The summed E-state index contributed by atoms with van der Waals surface area (Å²) in [6, 6.07) is 10.6. The summed E-state index contributed by atoms with van der Waals surface area (Å²) in [5.74, 6) is 0.885. The van der Waals surface area contributed by atoms with Gasteiger partial charge in [-0.25, -0.2) is 0 Å². The van der Waals surface area contributed by atoms with Crippen molar-refractivity contribution in [3.05, 3.63) is 29.8 Å². The fourth-order valence-electron chi connectivity index (χ4n) is 2.54. The lowest BCUT2D eigenvalue weighted by Crippen LogP contribution is -2.42. The molecule has 0 atom stereocenters. The van der Waals surface area contributed by atoms with Crippen molar-refractivity contribution in [2.75, 3.05) is 13.7 Å². The number of methoxy groups -OCH3 is 1. The Balaban J connectivity index is 1.82. The van der Waals surface area contributed by atoms with Crippen molar-refractivity contribution in [2.45, 2.75) is 37.6 Å². The summed E-state index contributed by atoms with van der Waals surface area (Å²) in [4.78, 5) is 0. The van der Waals surface area contributed by atoms with Gasteiger partial charge in [0.2, 0.25) is 0 Å². The van der Waals surface area contributed by atoms with E-state index < -0.39 is 0 Å². The Kier molecular flexibility index (Phi) is 4.22. The number of rotatable bonds is 5. The monoisotopic (exact) mass is 244 g/mol. The van der Waals surface area contributed by atoms with Gasteiger partial charge in [-0.15, -0.1) is 0 Å². The minimum absolute atomic E-state index is 0.257. The predicted molar refractivity (Wildman–Crippen MR) is 71.5 cm³/mol. The SMILES string of the molecule is COc1ccc(CCNC2(C#N)CCCC2)cc1. The van der Waals surface area contributed by atoms with Crippen molar-refractivity contribution in [2.24, 2.45) is 0 Å². The molecule has 1 N–H and O–H groups in total. The Hall–Kier alpha value is -1.53. The molecule has 3 nitrogen and oxygen atoms in total. The molecule has 0 aliphatic heterocycles. The average Bonchev–Trinajstić information content (AvgIpc) is 2.89. The molecule has 1 saturated carbocycles. The van der Waals surface area contributed by atoms with Gasteiger partial charge in [0.25, 0.3) is 0 Å². The molecule has 1 aromatic carbocycles. The summed E-state index contributed by atoms with van der Waals surface area (Å²) in [6.45, 7) is 0.861. The first-order valence-electron chi connectivity index (χ1n) is 6.57. The van der Waals surface area contributed by atoms with Crippen LogP contribution in [0.25, 0.3) is 0 Å². The van der Waals surface area contributed by atoms with Crippen LogP contribution in [-0.4, -0.2) is 19.2 Å². The van der Waals surface area contributed by atoms with Gasteiger partial charge in [-0.2, -0.15) is 5.26 Å². The molecule has 96 valence electrons. The number of benzene rings is 1. The quantitative estimate of drug-likeness (QED) is 0.866. The number of nitrogens with zero attached hydrogens (tertiary/aromatic N) is 1. The third-order valence-electron chi connectivity index (χ3n) is 3.71. The van der Waals surface area contributed by atoms with Gasteiger partial charge in [0.05, 0.1) is 13.2 Å². The smallest absolute Gasteiger partial charge is 0.118 e. The number of nitrogens with one attached hydrogen (secondary N) is 1. The third-order valence-corrected chi connectivity index (χ3v) is 3.71. The zero-order valence-corrected chi connectivity index (χ0v) is 10.9. The fraction of sp³-hybridized carbons (Fsp3) is 0.533. The largest absolute Gasteiger partial charge is 0.497 e. The zero-order valence-electron chi connectivity index (χ0n) is 10.9. The van der Waals surface area contributed by atoms with E-state index in [1.165, 1.54) is 18.4 Å². The summed E-state index contributed by atoms with van der Waals surface area (Å²) in [7, 11) is 1.67. The van der Waals surface area contributed by atoms with Gasteiger partial charge in [-0.1, -0.05) is 25.0 Å². The number of nitriles is 1. The van der Waals surface area contributed by atoms with E-state index in [1.54, 1.807) is 7.11 Å². The lowest BCUT2D eigenvalue weighted by atomic mass is 9.99. The summed E-state index contributed by atoms with van der Waals surface area (Å²) in [6.07, 6.45) is 5.28. The van der Waals surface area contributed by atoms with Crippen LogP contribution in [0.3, 0.4) is 0 Å². The van der Waals surface area contributed by atoms with Crippen LogP contribution in [0, 0.1) is 11.3 Å². The van der Waals surface area contributed by atoms with Gasteiger partial charge >= 0.3 is 0 Å². The van der Waals surface area contributed by atoms with E-state index in [2.05, 4.69) is 23.5 Å². The van der Waals surface area contributed by atoms with Gasteiger partial charge in [0.15, 0.2) is 0 Å². The second-order valence-electron chi connectivity index (χ2n) is 4.93. The molecule has 0 saturated heterocycles. The van der Waals surface area contributed by atoms with E-state index in [1.807, 2.05) is 12.1 Å². The van der Waals surface area contributed by atoms with E-state index in [0.717, 1.165) is 31.6 Å². The summed E-state index contributed by atoms with van der Waals surface area (Å²) in [5.41, 5.74) is 1.02. The maximum absolute atomic E-state index is 9.25. The number of hydrogen-bond donors (Lipinski definition) is 1. The Morgan fingerprint density at radius 1 is 1.28 bits per heavy atom. The Labute approximate surface area is 109 Å². The van der Waals surface area contributed by atoms with Gasteiger partial charge in [-0.05, 0) is 37.0 Å². The molecule has 1 fully saturated rings. The molecule has 18 heavy (non-hydrogen) atoms. The maximum atomic E-state index is 9.25. The molecule has 0 radical (unpaired) electrons. The molecule has 3 heteroatoms. The average molecular weight is 244 g/mol. The highest BCUT2D eigenvalue weighted by Crippen LogP contribution is 2.28. The highest BCUT2D eigenvalue weighted by Gasteiger charge is 2.32. The topological polar surface area (TPSA) is 45.0 Å². The molecule has 0 heterocycles. The molecule has 0 amide bonds. The Bertz CT molecular complexity index is 413. The Morgan fingerprint density at radius 2 is 1.94 bits per heavy atom. The van der Waals surface area contributed by atoms with Crippen molar-refractivity contribution in [3.8, 4) is 11.8 Å². The molecule has 1 aromatic rings. The van der Waals surface area contributed by atoms with Crippen LogP contribution < -0.4 is 10.1 Å². The molecule has 0 aromatic heterocycles. The van der Waals surface area contributed by atoms with E-state index in [9.17, 15) is 5.26 Å². The van der Waals surface area contributed by atoms with Crippen LogP contribution in [0.2, 0.25) is 0 Å². The van der Waals surface area contributed by atoms with Gasteiger partial charge in [0, 0.05) is 6.54 Å². The Morgan fingerprint density at radius 3 is 2.50 bits per heavy atom. The minimum atomic E-state index is -0.257. The van der Waals surface area contributed by atoms with E-state index >= 15 is 0 Å². The fourth-order valence-corrected chi connectivity index (χ4v) is 2.54. The van der Waals surface area contributed by atoms with Crippen LogP contribution in [0.15, 0.2) is 24.3 Å². The van der Waals surface area contributed by atoms with Crippen LogP contribution in [0.4, 0.5) is 0 Å². The lowest BCUT2D eigenvalue weighted by Gasteiger charge is -2.21. The molecular weight excluding hydrogens is 224 g/mol. The van der Waals surface area contributed by atoms with Gasteiger partial charge in [0.1, 0.15) is 11.3 Å². The van der Waals surface area contributed by atoms with E-state index in [-0.39, 0.29) is 5.54 Å². The predicted octanol–water partition coefficient (Wildman–Crippen LogP) is 2.66. The summed E-state index contributed by atoms with van der Waals surface area (Å²) >= 11 is 0. The molecule has 2 rings (SSSR count). The first-order valence-corrected chi connectivity index (χ1v) is 6.57. The highest BCUT2D eigenvalue weighted by molar-refractivity contribution is 5.27. The van der Waals surface area contributed by atoms with Crippen molar-refractivity contribution < 1.29 is 4.74 Å². The number of hydrogen-bond acceptors (Lipinski definition) is 3. The van der Waals surface area contributed by atoms with Crippen LogP contribution >= 0.6 is 0 Å². The second kappa shape index (κ2) is 5.88. The molecule has 1 aliphatic carbocycles. The van der Waals surface area contributed by atoms with E-state index in [0.29, 0.717) is 0 Å². The molecule has 0 unspecified atom stereocenters. The van der Waals surface area contributed by atoms with Crippen molar-refractivity contribution >= 4 is 0 Å². The number of ether oxygens (including phenoxy) is 1. The van der Waals surface area contributed by atoms with Crippen molar-refractivity contribution in [3.63, 3.8) is 0 Å². The van der Waals surface area contributed by atoms with Crippen molar-refractivity contribution in [1.29, 1.82) is 5.26 Å². The van der Waals surface area contributed by atoms with Crippen molar-refractivity contribution in [1.82, 2.24) is 5.32 Å². The third kappa shape index (κ3) is 3.02. The van der Waals surface area contributed by atoms with Crippen LogP contribution in [-0.2, 0) is 6.42 Å². The first-order chi connectivity index (χ1) is 8.78. The van der Waals surface area contributed by atoms with Gasteiger partial charge < -0.3 is 4.74 Å². The first kappa shape index (κ1) is 12.9. The van der Waals surface area contributed by atoms with Gasteiger partial charge in [-0.3, -0.25) is 5.32 Å². The maximum Gasteiger partial charge on any atom is 0.118 e. The van der Waals surface area contributed by atoms with Crippen LogP contribution in [0.5, 0.6) is 5.75 Å². The summed E-state index contributed by atoms with van der Waals surface area (Å²) < 4.78 is 5.13. The molecule has 1 aliphatic rings. The standard InChI is InChI=1S/C15H20N2O/c1-18-14-6-4-13(5-7-14)8-11-17-15(12-16)9-2-3-10-15/h4-7,17H,2-3,8-11H2,1H3. The normalized spacial score (nSPS) is 17.3. The van der Waals surface area contributed by atoms with Crippen LogP contribution in [0.1, 0.15) is 31.2 Å². The molecular formula is C15H20N2O. The molecule has 0 spiro atoms. The summed E-state index contributed by atoms with van der Waals surface area (Å²) in [5, 5.41) is 12.7. The molecule has 0 bridgehead atoms. The minimum Gasteiger partial charge on any atom is -0.497 e. The highest BCUT2D eigenvalue weighted by atomic mass is 16.5.